The molecule has 0 bridgehead atoms. The second-order valence-electron chi connectivity index (χ2n) is 14.9. The van der Waals surface area contributed by atoms with E-state index >= 15 is 0 Å². The fourth-order valence-electron chi connectivity index (χ4n) is 9.00. The van der Waals surface area contributed by atoms with E-state index in [1.165, 1.54) is 19.3 Å². The number of piperidine rings is 1. The predicted octanol–water partition coefficient (Wildman–Crippen LogP) is 4.79. The summed E-state index contributed by atoms with van der Waals surface area (Å²) in [4.78, 5) is 47.2. The molecule has 3 aliphatic heterocycles. The van der Waals surface area contributed by atoms with E-state index < -0.39 is 23.7 Å². The lowest BCUT2D eigenvalue weighted by Gasteiger charge is -2.40. The molecule has 1 saturated carbocycles. The first-order valence-electron chi connectivity index (χ1n) is 18.6. The van der Waals surface area contributed by atoms with Crippen molar-refractivity contribution in [2.75, 3.05) is 39.3 Å². The number of likely N-dealkylation sites (tertiary alicyclic amines) is 3. The van der Waals surface area contributed by atoms with Crippen LogP contribution in [0.25, 0.3) is 0 Å². The van der Waals surface area contributed by atoms with Crippen LogP contribution in [0.2, 0.25) is 0 Å². The van der Waals surface area contributed by atoms with Crippen molar-refractivity contribution in [2.24, 2.45) is 11.8 Å². The van der Waals surface area contributed by atoms with E-state index in [1.807, 2.05) is 59.5 Å². The van der Waals surface area contributed by atoms with Gasteiger partial charge in [0, 0.05) is 51.1 Å². The SMILES string of the molecule is O=C=C1CCN([C@@H]2C[C@@H](O)CN2C(=O)CC(c2ccccc2)(c2ccccc2)c2ccccc2)C1C(=O)NC[C@@H]1CCCN(CC2CCC2)C1. The number of aliphatic hydroxyl groups is 1. The molecule has 2 amide bonds. The number of rotatable bonds is 11. The highest BCUT2D eigenvalue weighted by Crippen LogP contribution is 2.43. The van der Waals surface area contributed by atoms with E-state index in [0.29, 0.717) is 37.4 Å². The molecule has 1 aliphatic carbocycles. The average molecular weight is 675 g/mol. The van der Waals surface area contributed by atoms with Crippen molar-refractivity contribution >= 4 is 17.8 Å². The summed E-state index contributed by atoms with van der Waals surface area (Å²) in [6, 6.07) is 29.6. The molecule has 4 aliphatic rings. The van der Waals surface area contributed by atoms with E-state index in [4.69, 9.17) is 0 Å². The molecule has 3 aromatic carbocycles. The molecule has 2 N–H and O–H groups in total. The number of aliphatic hydroxyl groups excluding tert-OH is 1. The zero-order valence-corrected chi connectivity index (χ0v) is 29.0. The molecule has 50 heavy (non-hydrogen) atoms. The van der Waals surface area contributed by atoms with E-state index in [2.05, 4.69) is 52.6 Å². The van der Waals surface area contributed by atoms with Gasteiger partial charge in [0.2, 0.25) is 11.8 Å². The summed E-state index contributed by atoms with van der Waals surface area (Å²) in [5.41, 5.74) is 2.63. The van der Waals surface area contributed by atoms with Gasteiger partial charge in [-0.2, -0.15) is 0 Å². The monoisotopic (exact) mass is 674 g/mol. The second kappa shape index (κ2) is 15.4. The van der Waals surface area contributed by atoms with Gasteiger partial charge in [0.25, 0.3) is 0 Å². The molecule has 262 valence electrons. The van der Waals surface area contributed by atoms with Gasteiger partial charge in [0.05, 0.1) is 17.7 Å². The number of β-amino-alcohol motifs (C(OH)–C–C–N with tert-alkyl or cyclic N) is 1. The lowest BCUT2D eigenvalue weighted by Crippen LogP contribution is -2.55. The molecule has 0 aromatic heterocycles. The number of carbonyl (C=O) groups is 2. The molecule has 4 atom stereocenters. The van der Waals surface area contributed by atoms with Gasteiger partial charge in [0.1, 0.15) is 12.0 Å². The Kier molecular flexibility index (Phi) is 10.6. The summed E-state index contributed by atoms with van der Waals surface area (Å²) in [6.07, 6.45) is 5.82. The van der Waals surface area contributed by atoms with Gasteiger partial charge in [-0.1, -0.05) is 97.4 Å². The van der Waals surface area contributed by atoms with Crippen molar-refractivity contribution in [3.8, 4) is 0 Å². The van der Waals surface area contributed by atoms with Gasteiger partial charge in [0.15, 0.2) is 0 Å². The Hall–Kier alpha value is -4.07. The smallest absolute Gasteiger partial charge is 0.242 e. The lowest BCUT2D eigenvalue weighted by atomic mass is 9.67. The third-order valence-electron chi connectivity index (χ3n) is 11.8. The maximum Gasteiger partial charge on any atom is 0.242 e. The Labute approximate surface area is 296 Å². The minimum absolute atomic E-state index is 0.112. The summed E-state index contributed by atoms with van der Waals surface area (Å²) in [5, 5.41) is 14.2. The Morgan fingerprint density at radius 3 is 1.96 bits per heavy atom. The van der Waals surface area contributed by atoms with Crippen LogP contribution in [0.5, 0.6) is 0 Å². The van der Waals surface area contributed by atoms with Crippen molar-refractivity contribution < 1.29 is 19.5 Å². The molecule has 4 fully saturated rings. The van der Waals surface area contributed by atoms with Crippen molar-refractivity contribution in [1.82, 2.24) is 20.0 Å². The zero-order valence-electron chi connectivity index (χ0n) is 29.0. The molecule has 3 aromatic rings. The van der Waals surface area contributed by atoms with Gasteiger partial charge >= 0.3 is 0 Å². The van der Waals surface area contributed by atoms with Crippen LogP contribution in [0.15, 0.2) is 96.6 Å². The highest BCUT2D eigenvalue weighted by molar-refractivity contribution is 5.88. The zero-order chi connectivity index (χ0) is 34.5. The predicted molar refractivity (Wildman–Crippen MR) is 194 cm³/mol. The summed E-state index contributed by atoms with van der Waals surface area (Å²) < 4.78 is 0. The van der Waals surface area contributed by atoms with Crippen LogP contribution in [0.3, 0.4) is 0 Å². The third kappa shape index (κ3) is 7.08. The van der Waals surface area contributed by atoms with Crippen LogP contribution in [0, 0.1) is 11.8 Å². The van der Waals surface area contributed by atoms with E-state index in [1.54, 1.807) is 4.90 Å². The lowest BCUT2D eigenvalue weighted by molar-refractivity contribution is -0.139. The number of carbonyl (C=O) groups excluding carboxylic acids is 3. The first-order valence-corrected chi connectivity index (χ1v) is 18.6. The minimum Gasteiger partial charge on any atom is -0.391 e. The van der Waals surface area contributed by atoms with Crippen LogP contribution >= 0.6 is 0 Å². The molecular formula is C42H50N4O4. The van der Waals surface area contributed by atoms with E-state index in [-0.39, 0.29) is 24.8 Å². The van der Waals surface area contributed by atoms with Crippen LogP contribution in [0.1, 0.15) is 68.1 Å². The second-order valence-corrected chi connectivity index (χ2v) is 14.9. The topological polar surface area (TPSA) is 93.2 Å². The molecule has 1 unspecified atom stereocenters. The average Bonchev–Trinajstić information content (AvgIpc) is 3.76. The van der Waals surface area contributed by atoms with Gasteiger partial charge < -0.3 is 20.2 Å². The summed E-state index contributed by atoms with van der Waals surface area (Å²) in [5.74, 6) is 2.95. The maximum absolute atomic E-state index is 14.8. The number of hydrogen-bond acceptors (Lipinski definition) is 6. The number of benzene rings is 3. The normalized spacial score (nSPS) is 24.9. The highest BCUT2D eigenvalue weighted by Gasteiger charge is 2.48. The Balaban J connectivity index is 1.12. The number of nitrogens with one attached hydrogen (secondary N) is 1. The highest BCUT2D eigenvalue weighted by atomic mass is 16.3. The van der Waals surface area contributed by atoms with Crippen LogP contribution in [-0.4, -0.2) is 95.1 Å². The molecule has 3 saturated heterocycles. The largest absolute Gasteiger partial charge is 0.391 e. The first-order chi connectivity index (χ1) is 24.5. The Morgan fingerprint density at radius 1 is 0.800 bits per heavy atom. The standard InChI is InChI=1S/C42H50N4O4/c47-30-33-21-23-45(40(33)41(50)43-26-32-14-11-22-44(28-32)27-31-12-10-13-31)38-24-37(48)29-46(38)39(49)25-42(34-15-4-1-5-16-34,35-17-6-2-7-18-35)36-19-8-3-9-20-36/h1-9,15-20,31-32,37-38,40,48H,10-14,21-29H2,(H,43,50)/t32-,37+,38-,40?/m0/s1. The minimum atomic E-state index is -0.810. The van der Waals surface area contributed by atoms with Gasteiger partial charge in [-0.15, -0.1) is 0 Å². The molecule has 8 heteroatoms. The summed E-state index contributed by atoms with van der Waals surface area (Å²) in [6.45, 7) is 4.46. The van der Waals surface area contributed by atoms with Crippen LogP contribution in [0.4, 0.5) is 0 Å². The van der Waals surface area contributed by atoms with Gasteiger partial charge in [-0.3, -0.25) is 14.5 Å². The third-order valence-corrected chi connectivity index (χ3v) is 11.8. The molecule has 3 heterocycles. The molecule has 0 radical (unpaired) electrons. The Bertz CT molecular complexity index is 1560. The van der Waals surface area contributed by atoms with Crippen molar-refractivity contribution in [3.05, 3.63) is 113 Å². The van der Waals surface area contributed by atoms with E-state index in [9.17, 15) is 19.5 Å². The van der Waals surface area contributed by atoms with Crippen molar-refractivity contribution in [1.29, 1.82) is 0 Å². The molecular weight excluding hydrogens is 624 g/mol. The number of nitrogens with zero attached hydrogens (tertiary/aromatic N) is 3. The van der Waals surface area contributed by atoms with Crippen LogP contribution < -0.4 is 5.32 Å². The fourth-order valence-corrected chi connectivity index (χ4v) is 9.00. The Morgan fingerprint density at radius 2 is 1.40 bits per heavy atom. The van der Waals surface area contributed by atoms with Crippen LogP contribution in [-0.2, 0) is 19.8 Å². The summed E-state index contributed by atoms with van der Waals surface area (Å²) in [7, 11) is 0. The molecule has 7 rings (SSSR count). The van der Waals surface area contributed by atoms with Gasteiger partial charge in [-0.25, -0.2) is 4.79 Å². The first kappa shape index (κ1) is 34.4. The van der Waals surface area contributed by atoms with Gasteiger partial charge in [-0.05, 0) is 67.2 Å². The molecule has 8 nitrogen and oxygen atoms in total. The molecule has 0 spiro atoms. The van der Waals surface area contributed by atoms with Crippen molar-refractivity contribution in [2.45, 2.75) is 75.1 Å². The van der Waals surface area contributed by atoms with E-state index in [0.717, 1.165) is 55.1 Å². The quantitative estimate of drug-likeness (QED) is 0.225. The number of hydrogen-bond donors (Lipinski definition) is 2. The van der Waals surface area contributed by atoms with Crippen molar-refractivity contribution in [3.63, 3.8) is 0 Å². The number of amides is 2. The fraction of sp³-hybridized carbons (Fsp3) is 0.476. The summed E-state index contributed by atoms with van der Waals surface area (Å²) >= 11 is 0. The maximum atomic E-state index is 14.8.